The number of benzene rings is 1. The fraction of sp³-hybridized carbons (Fsp3) is 0.536. The molecule has 1 N–H and O–H groups in total. The molecule has 0 aromatic heterocycles. The van der Waals surface area contributed by atoms with Gasteiger partial charge in [-0.15, -0.1) is 0 Å². The van der Waals surface area contributed by atoms with Gasteiger partial charge in [0.05, 0.1) is 12.2 Å². The molecule has 0 bridgehead atoms. The van der Waals surface area contributed by atoms with Crippen LogP contribution in [0.3, 0.4) is 0 Å². The number of ketones is 1. The van der Waals surface area contributed by atoms with E-state index in [1.165, 1.54) is 28.7 Å². The summed E-state index contributed by atoms with van der Waals surface area (Å²) in [6, 6.07) is 7.85. The van der Waals surface area contributed by atoms with Crippen molar-refractivity contribution in [3.8, 4) is 5.75 Å². The Labute approximate surface area is 224 Å². The highest BCUT2D eigenvalue weighted by Gasteiger charge is 2.65. The van der Waals surface area contributed by atoms with Crippen molar-refractivity contribution in [1.82, 2.24) is 0 Å². The van der Waals surface area contributed by atoms with Crippen LogP contribution >= 0.6 is 40.5 Å². The van der Waals surface area contributed by atoms with Crippen LogP contribution in [0.1, 0.15) is 69.8 Å². The van der Waals surface area contributed by atoms with Gasteiger partial charge in [-0.05, 0) is 97.3 Å². The maximum absolute atomic E-state index is 12.2. The summed E-state index contributed by atoms with van der Waals surface area (Å²) in [6.07, 6.45) is 9.97. The van der Waals surface area contributed by atoms with Crippen molar-refractivity contribution < 1.29 is 14.6 Å². The summed E-state index contributed by atoms with van der Waals surface area (Å²) < 4.78 is 6.58. The molecule has 3 nitrogen and oxygen atoms in total. The molecule has 3 fully saturated rings. The Kier molecular flexibility index (Phi) is 7.90. The zero-order valence-corrected chi connectivity index (χ0v) is 23.0. The number of fused-ring (bicyclic) bond motifs is 5. The van der Waals surface area contributed by atoms with E-state index in [0.717, 1.165) is 45.1 Å². The fourth-order valence-electron chi connectivity index (χ4n) is 8.12. The second kappa shape index (κ2) is 9.76. The standard InChI is InChI=1S/C28H32O3.3H2S/c1-17-12-14-31-28(17)13-11-25-23-9-5-19-15-21(30)8-10-22(19)26(23)24(16-27(25,28)2)18-3-6-20(29)7-4-18;;;/h3-4,6-7,15,23-25,29H,1,5,8-14,16H2,2H3;3*1H2/t23-,24+,25-,27-,28+;;;/m0.../s1. The number of hydrogen-bond acceptors (Lipinski definition) is 3. The molecule has 0 radical (unpaired) electrons. The van der Waals surface area contributed by atoms with E-state index in [9.17, 15) is 9.90 Å². The Morgan fingerprint density at radius 1 is 1.03 bits per heavy atom. The van der Waals surface area contributed by atoms with Crippen LogP contribution in [-0.2, 0) is 9.53 Å². The third kappa shape index (κ3) is 3.75. The third-order valence-electron chi connectivity index (χ3n) is 9.47. The van der Waals surface area contributed by atoms with Crippen molar-refractivity contribution in [1.29, 1.82) is 0 Å². The van der Waals surface area contributed by atoms with Gasteiger partial charge in [0, 0.05) is 17.8 Å². The van der Waals surface area contributed by atoms with Crippen molar-refractivity contribution in [3.63, 3.8) is 0 Å². The first-order valence-corrected chi connectivity index (χ1v) is 12.0. The van der Waals surface area contributed by atoms with E-state index in [0.29, 0.717) is 29.9 Å². The zero-order valence-electron chi connectivity index (χ0n) is 20.0. The van der Waals surface area contributed by atoms with Crippen LogP contribution in [0.15, 0.2) is 59.2 Å². The van der Waals surface area contributed by atoms with Crippen LogP contribution in [0.5, 0.6) is 5.75 Å². The molecule has 6 rings (SSSR count). The minimum absolute atomic E-state index is 0. The van der Waals surface area contributed by atoms with E-state index in [4.69, 9.17) is 4.74 Å². The lowest BCUT2D eigenvalue weighted by Gasteiger charge is -2.55. The number of carbonyl (C=O) groups is 1. The van der Waals surface area contributed by atoms with E-state index in [2.05, 4.69) is 25.6 Å². The molecule has 34 heavy (non-hydrogen) atoms. The van der Waals surface area contributed by atoms with E-state index in [1.807, 2.05) is 18.2 Å². The van der Waals surface area contributed by atoms with E-state index < -0.39 is 0 Å². The molecule has 1 spiro atoms. The second-order valence-electron chi connectivity index (χ2n) is 10.7. The molecular formula is C28H38O3S3. The maximum atomic E-state index is 12.2. The predicted molar refractivity (Wildman–Crippen MR) is 152 cm³/mol. The summed E-state index contributed by atoms with van der Waals surface area (Å²) in [5, 5.41) is 9.92. The third-order valence-corrected chi connectivity index (χ3v) is 9.47. The van der Waals surface area contributed by atoms with Crippen LogP contribution in [0.2, 0.25) is 0 Å². The van der Waals surface area contributed by atoms with Crippen molar-refractivity contribution in [2.24, 2.45) is 17.3 Å². The highest BCUT2D eigenvalue weighted by atomic mass is 32.1. The Hall–Kier alpha value is -1.08. The highest BCUT2D eigenvalue weighted by Crippen LogP contribution is 2.70. The van der Waals surface area contributed by atoms with Gasteiger partial charge < -0.3 is 9.84 Å². The van der Waals surface area contributed by atoms with Gasteiger partial charge in [0.2, 0.25) is 0 Å². The number of phenolic OH excluding ortho intramolecular Hbond substituents is 1. The van der Waals surface area contributed by atoms with Gasteiger partial charge in [-0.3, -0.25) is 4.79 Å². The Bertz CT molecular complexity index is 1040. The molecular weight excluding hydrogens is 481 g/mol. The summed E-state index contributed by atoms with van der Waals surface area (Å²) in [7, 11) is 0. The number of rotatable bonds is 1. The SMILES string of the molecule is C=C1CCO[C@]12CC[C@H]1[C@@H]3CCC4=CC(=O)CCC4=C3[C@@H](c3ccc(O)cc3)C[C@@]12C.S.S.S. The first kappa shape index (κ1) is 27.5. The summed E-state index contributed by atoms with van der Waals surface area (Å²) in [5.74, 6) is 2.07. The summed E-state index contributed by atoms with van der Waals surface area (Å²) in [5.41, 5.74) is 6.85. The quantitative estimate of drug-likeness (QED) is 0.441. The normalized spacial score (nSPS) is 35.9. The number of allylic oxidation sites excluding steroid dienone is 4. The predicted octanol–water partition coefficient (Wildman–Crippen LogP) is 6.35. The Balaban J connectivity index is 0.00000108. The van der Waals surface area contributed by atoms with Crippen molar-refractivity contribution in [2.45, 2.75) is 69.8 Å². The number of phenols is 1. The molecule has 0 amide bonds. The number of aromatic hydroxyl groups is 1. The lowest BCUT2D eigenvalue weighted by molar-refractivity contribution is -0.114. The van der Waals surface area contributed by atoms with Gasteiger partial charge in [0.1, 0.15) is 5.75 Å². The van der Waals surface area contributed by atoms with E-state index >= 15 is 0 Å². The van der Waals surface area contributed by atoms with Crippen molar-refractivity contribution in [2.75, 3.05) is 6.61 Å². The highest BCUT2D eigenvalue weighted by molar-refractivity contribution is 7.59. The lowest BCUT2D eigenvalue weighted by atomic mass is 9.50. The van der Waals surface area contributed by atoms with Crippen LogP contribution in [0.4, 0.5) is 0 Å². The topological polar surface area (TPSA) is 46.5 Å². The van der Waals surface area contributed by atoms with Crippen LogP contribution < -0.4 is 0 Å². The first-order chi connectivity index (χ1) is 14.9. The molecule has 5 atom stereocenters. The molecule has 2 saturated carbocycles. The average Bonchev–Trinajstić information content (AvgIpc) is 3.28. The Morgan fingerprint density at radius 3 is 2.44 bits per heavy atom. The molecule has 6 heteroatoms. The fourth-order valence-corrected chi connectivity index (χ4v) is 8.12. The minimum Gasteiger partial charge on any atom is -0.508 e. The largest absolute Gasteiger partial charge is 0.508 e. The van der Waals surface area contributed by atoms with Gasteiger partial charge in [-0.2, -0.15) is 40.5 Å². The van der Waals surface area contributed by atoms with Gasteiger partial charge in [-0.25, -0.2) is 0 Å². The number of carbonyl (C=O) groups excluding carboxylic acids is 1. The first-order valence-electron chi connectivity index (χ1n) is 12.0. The van der Waals surface area contributed by atoms with E-state index in [1.54, 1.807) is 5.57 Å². The summed E-state index contributed by atoms with van der Waals surface area (Å²) >= 11 is 0. The number of ether oxygens (including phenoxy) is 1. The maximum Gasteiger partial charge on any atom is 0.156 e. The van der Waals surface area contributed by atoms with Crippen LogP contribution in [0.25, 0.3) is 0 Å². The average molecular weight is 519 g/mol. The number of hydrogen-bond donors (Lipinski definition) is 1. The van der Waals surface area contributed by atoms with Gasteiger partial charge in [-0.1, -0.05) is 31.2 Å². The summed E-state index contributed by atoms with van der Waals surface area (Å²) in [4.78, 5) is 12.2. The molecule has 1 aromatic carbocycles. The van der Waals surface area contributed by atoms with Gasteiger partial charge >= 0.3 is 0 Å². The molecule has 1 heterocycles. The molecule has 1 aliphatic heterocycles. The minimum atomic E-state index is -0.179. The molecule has 5 aliphatic rings. The zero-order chi connectivity index (χ0) is 21.4. The molecule has 186 valence electrons. The molecule has 4 aliphatic carbocycles. The van der Waals surface area contributed by atoms with E-state index in [-0.39, 0.29) is 57.3 Å². The lowest BCUT2D eigenvalue weighted by Crippen LogP contribution is -2.52. The molecule has 1 saturated heterocycles. The smallest absolute Gasteiger partial charge is 0.156 e. The molecule has 0 unspecified atom stereocenters. The van der Waals surface area contributed by atoms with Crippen molar-refractivity contribution in [3.05, 3.63) is 64.8 Å². The molecule has 1 aromatic rings. The van der Waals surface area contributed by atoms with Gasteiger partial charge in [0.25, 0.3) is 0 Å². The van der Waals surface area contributed by atoms with Crippen LogP contribution in [-0.4, -0.2) is 23.1 Å². The Morgan fingerprint density at radius 2 is 1.76 bits per heavy atom. The monoisotopic (exact) mass is 518 g/mol. The second-order valence-corrected chi connectivity index (χ2v) is 10.7. The van der Waals surface area contributed by atoms with Crippen LogP contribution in [0, 0.1) is 17.3 Å². The van der Waals surface area contributed by atoms with Gasteiger partial charge in [0.15, 0.2) is 5.78 Å². The summed E-state index contributed by atoms with van der Waals surface area (Å²) in [6.45, 7) is 7.78. The van der Waals surface area contributed by atoms with Crippen molar-refractivity contribution >= 4 is 46.3 Å².